The molecule has 0 unspecified atom stereocenters. The Morgan fingerprint density at radius 3 is 0.630 bits per heavy atom. The van der Waals surface area contributed by atoms with E-state index >= 15 is 0 Å². The highest BCUT2D eigenvalue weighted by atomic mass is 14.2. The lowest BCUT2D eigenvalue weighted by atomic mass is 9.82. The van der Waals surface area contributed by atoms with Gasteiger partial charge in [-0.1, -0.05) is 182 Å². The largest absolute Gasteiger partial charge is 0.0622 e. The number of fused-ring (bicyclic) bond motifs is 3. The molecule has 0 heteroatoms. The average molecular weight is 685 g/mol. The van der Waals surface area contributed by atoms with Crippen LogP contribution in [0.25, 0.3) is 99.1 Å². The van der Waals surface area contributed by atoms with E-state index < -0.39 is 0 Å². The number of hydrogen-bond acceptors (Lipinski definition) is 0. The Kier molecular flexibility index (Phi) is 7.93. The van der Waals surface area contributed by atoms with Gasteiger partial charge in [0.15, 0.2) is 0 Å². The van der Waals surface area contributed by atoms with Crippen LogP contribution in [0, 0.1) is 0 Å². The maximum Gasteiger partial charge on any atom is -0.00926 e. The highest BCUT2D eigenvalue weighted by Gasteiger charge is 2.20. The molecule has 0 aliphatic rings. The van der Waals surface area contributed by atoms with Gasteiger partial charge in [0.05, 0.1) is 0 Å². The van der Waals surface area contributed by atoms with Crippen molar-refractivity contribution in [1.29, 1.82) is 0 Å². The Bertz CT molecular complexity index is 2770. The highest BCUT2D eigenvalue weighted by molar-refractivity contribution is 6.07. The van der Waals surface area contributed by atoms with E-state index in [2.05, 4.69) is 218 Å². The third-order valence-electron chi connectivity index (χ3n) is 10.8. The molecular weight excluding hydrogens is 649 g/mol. The summed E-state index contributed by atoms with van der Waals surface area (Å²) in [5.41, 5.74) is 14.6. The van der Waals surface area contributed by atoms with Gasteiger partial charge >= 0.3 is 0 Å². The fraction of sp³-hybridized carbons (Fsp3) is 0. The molecule has 0 atom stereocenters. The number of rotatable bonds is 6. The van der Waals surface area contributed by atoms with Crippen molar-refractivity contribution in [2.24, 2.45) is 0 Å². The Balaban J connectivity index is 1.26. The normalized spacial score (nSPS) is 11.3. The third kappa shape index (κ3) is 5.66. The van der Waals surface area contributed by atoms with Gasteiger partial charge in [-0.15, -0.1) is 0 Å². The van der Waals surface area contributed by atoms with E-state index in [0.717, 1.165) is 0 Å². The maximum atomic E-state index is 2.40. The zero-order valence-electron chi connectivity index (χ0n) is 29.8. The van der Waals surface area contributed by atoms with Crippen molar-refractivity contribution in [3.8, 4) is 66.8 Å². The van der Waals surface area contributed by atoms with Crippen LogP contribution in [0.3, 0.4) is 0 Å². The van der Waals surface area contributed by atoms with Gasteiger partial charge in [-0.05, 0) is 135 Å². The predicted octanol–water partition coefficient (Wildman–Crippen LogP) is 15.1. The first-order valence-electron chi connectivity index (χ1n) is 18.7. The molecular formula is C54H36. The summed E-state index contributed by atoms with van der Waals surface area (Å²) in [6.07, 6.45) is 0. The van der Waals surface area contributed by atoms with Crippen LogP contribution >= 0.6 is 0 Å². The van der Waals surface area contributed by atoms with E-state index in [1.807, 2.05) is 0 Å². The van der Waals surface area contributed by atoms with Crippen molar-refractivity contribution in [3.63, 3.8) is 0 Å². The molecule has 0 amide bonds. The molecule has 0 bridgehead atoms. The van der Waals surface area contributed by atoms with Crippen LogP contribution in [-0.2, 0) is 0 Å². The van der Waals surface area contributed by atoms with Crippen LogP contribution in [0.15, 0.2) is 218 Å². The molecule has 10 aromatic rings. The van der Waals surface area contributed by atoms with Crippen molar-refractivity contribution in [1.82, 2.24) is 0 Å². The molecule has 0 aliphatic heterocycles. The summed E-state index contributed by atoms with van der Waals surface area (Å²) in [4.78, 5) is 0. The quantitative estimate of drug-likeness (QED) is 0.164. The van der Waals surface area contributed by atoms with E-state index in [4.69, 9.17) is 0 Å². The fourth-order valence-corrected chi connectivity index (χ4v) is 8.23. The minimum atomic E-state index is 1.21. The lowest BCUT2D eigenvalue weighted by Gasteiger charge is -2.21. The second-order valence-corrected chi connectivity index (χ2v) is 14.1. The summed E-state index contributed by atoms with van der Waals surface area (Å²) in [7, 11) is 0. The van der Waals surface area contributed by atoms with Crippen LogP contribution < -0.4 is 0 Å². The van der Waals surface area contributed by atoms with Crippen LogP contribution in [0.2, 0.25) is 0 Å². The van der Waals surface area contributed by atoms with Crippen LogP contribution in [0.1, 0.15) is 0 Å². The smallest absolute Gasteiger partial charge is 0.00926 e. The summed E-state index contributed by atoms with van der Waals surface area (Å²) >= 11 is 0. The van der Waals surface area contributed by atoms with E-state index in [1.165, 1.54) is 99.1 Å². The second kappa shape index (κ2) is 13.5. The topological polar surface area (TPSA) is 0 Å². The molecule has 54 heavy (non-hydrogen) atoms. The number of hydrogen-bond donors (Lipinski definition) is 0. The minimum absolute atomic E-state index is 1.21. The molecule has 0 heterocycles. The lowest BCUT2D eigenvalue weighted by Crippen LogP contribution is -1.95. The van der Waals surface area contributed by atoms with Gasteiger partial charge in [0.1, 0.15) is 0 Å². The highest BCUT2D eigenvalue weighted by Crippen LogP contribution is 2.47. The Morgan fingerprint density at radius 2 is 0.352 bits per heavy atom. The summed E-state index contributed by atoms with van der Waals surface area (Å²) < 4.78 is 0. The average Bonchev–Trinajstić information content (AvgIpc) is 3.25. The standard InChI is InChI=1S/C54H36/c1-3-17-37(18-4-1)49-31-39-21-7-9-23-41(39)33-51(49)45-27-13-15-29-47(45)53-35-43-25-11-12-26-44(43)36-54(53)48-30-16-14-28-46(48)52-34-42-24-10-8-22-40(42)32-50(52)38-19-5-2-6-20-38/h1-36H. The Morgan fingerprint density at radius 1 is 0.148 bits per heavy atom. The van der Waals surface area contributed by atoms with Gasteiger partial charge in [0.2, 0.25) is 0 Å². The SMILES string of the molecule is c1ccc(-c2cc3ccccc3cc2-c2ccccc2-c2cc3ccccc3cc2-c2ccccc2-c2cc3ccccc3cc2-c2ccccc2)cc1. The first-order chi connectivity index (χ1) is 26.8. The second-order valence-electron chi connectivity index (χ2n) is 14.1. The van der Waals surface area contributed by atoms with E-state index in [0.29, 0.717) is 0 Å². The van der Waals surface area contributed by atoms with E-state index in [1.54, 1.807) is 0 Å². The minimum Gasteiger partial charge on any atom is -0.0622 e. The van der Waals surface area contributed by atoms with Gasteiger partial charge in [0, 0.05) is 0 Å². The number of benzene rings is 10. The van der Waals surface area contributed by atoms with Gasteiger partial charge in [-0.3, -0.25) is 0 Å². The predicted molar refractivity (Wildman–Crippen MR) is 232 cm³/mol. The molecule has 0 nitrogen and oxygen atoms in total. The Hall–Kier alpha value is -7.02. The third-order valence-corrected chi connectivity index (χ3v) is 10.8. The van der Waals surface area contributed by atoms with Crippen LogP contribution in [0.4, 0.5) is 0 Å². The van der Waals surface area contributed by atoms with E-state index in [9.17, 15) is 0 Å². The van der Waals surface area contributed by atoms with Gasteiger partial charge in [-0.2, -0.15) is 0 Å². The maximum absolute atomic E-state index is 2.40. The first kappa shape index (κ1) is 31.7. The lowest BCUT2D eigenvalue weighted by molar-refractivity contribution is 1.56. The van der Waals surface area contributed by atoms with Gasteiger partial charge in [0.25, 0.3) is 0 Å². The molecule has 0 spiro atoms. The molecule has 10 aromatic carbocycles. The zero-order valence-corrected chi connectivity index (χ0v) is 29.8. The molecule has 0 fully saturated rings. The van der Waals surface area contributed by atoms with Gasteiger partial charge in [-0.25, -0.2) is 0 Å². The Labute approximate surface area is 316 Å². The summed E-state index contributed by atoms with van der Waals surface area (Å²) in [5.74, 6) is 0. The molecule has 0 radical (unpaired) electrons. The summed E-state index contributed by atoms with van der Waals surface area (Å²) in [6, 6.07) is 80.0. The van der Waals surface area contributed by atoms with Crippen molar-refractivity contribution in [3.05, 3.63) is 218 Å². The van der Waals surface area contributed by atoms with Crippen molar-refractivity contribution >= 4 is 32.3 Å². The first-order valence-corrected chi connectivity index (χ1v) is 18.7. The molecule has 0 N–H and O–H groups in total. The molecule has 0 saturated carbocycles. The van der Waals surface area contributed by atoms with Gasteiger partial charge < -0.3 is 0 Å². The van der Waals surface area contributed by atoms with Crippen LogP contribution in [0.5, 0.6) is 0 Å². The summed E-state index contributed by atoms with van der Waals surface area (Å²) in [6.45, 7) is 0. The monoisotopic (exact) mass is 684 g/mol. The van der Waals surface area contributed by atoms with Crippen LogP contribution in [-0.4, -0.2) is 0 Å². The van der Waals surface area contributed by atoms with Crippen molar-refractivity contribution < 1.29 is 0 Å². The molecule has 0 saturated heterocycles. The van der Waals surface area contributed by atoms with Crippen molar-refractivity contribution in [2.75, 3.05) is 0 Å². The molecule has 0 aliphatic carbocycles. The summed E-state index contributed by atoms with van der Waals surface area (Å²) in [5, 5.41) is 7.39. The molecule has 10 rings (SSSR count). The van der Waals surface area contributed by atoms with Crippen molar-refractivity contribution in [2.45, 2.75) is 0 Å². The molecule has 252 valence electrons. The fourth-order valence-electron chi connectivity index (χ4n) is 8.23. The zero-order chi connectivity index (χ0) is 35.8. The molecule has 0 aromatic heterocycles. The van der Waals surface area contributed by atoms with E-state index in [-0.39, 0.29) is 0 Å².